The Morgan fingerprint density at radius 3 is 2.89 bits per heavy atom. The maximum atomic E-state index is 11.3. The monoisotopic (exact) mass is 262 g/mol. The van der Waals surface area contributed by atoms with Crippen LogP contribution in [-0.2, 0) is 0 Å². The highest BCUT2D eigenvalue weighted by Gasteiger charge is 2.15. The fourth-order valence-electron chi connectivity index (χ4n) is 2.53. The molecule has 0 aromatic carbocycles. The van der Waals surface area contributed by atoms with E-state index in [1.165, 1.54) is 19.3 Å². The molecule has 3 N–H and O–H groups in total. The molecule has 1 atom stereocenters. The molecule has 104 valence electrons. The highest BCUT2D eigenvalue weighted by Crippen LogP contribution is 2.14. The van der Waals surface area contributed by atoms with Gasteiger partial charge in [0.25, 0.3) is 5.91 Å². The van der Waals surface area contributed by atoms with E-state index in [1.807, 2.05) is 0 Å². The van der Waals surface area contributed by atoms with E-state index in [-0.39, 0.29) is 6.04 Å². The van der Waals surface area contributed by atoms with Crippen LogP contribution in [0.4, 0.5) is 5.82 Å². The number of nitrogens with zero attached hydrogens (tertiary/aromatic N) is 2. The van der Waals surface area contributed by atoms with Gasteiger partial charge >= 0.3 is 0 Å². The molecule has 1 fully saturated rings. The van der Waals surface area contributed by atoms with Crippen LogP contribution in [0.2, 0.25) is 0 Å². The van der Waals surface area contributed by atoms with Gasteiger partial charge in [-0.05, 0) is 45.0 Å². The summed E-state index contributed by atoms with van der Waals surface area (Å²) in [5.41, 5.74) is 5.80. The van der Waals surface area contributed by atoms with Crippen LogP contribution in [0.3, 0.4) is 0 Å². The summed E-state index contributed by atoms with van der Waals surface area (Å²) in [5.74, 6) is 0.139. The van der Waals surface area contributed by atoms with Crippen molar-refractivity contribution in [1.29, 1.82) is 0 Å². The summed E-state index contributed by atoms with van der Waals surface area (Å²) in [4.78, 5) is 18.0. The maximum absolute atomic E-state index is 11.3. The summed E-state index contributed by atoms with van der Waals surface area (Å²) in [6.07, 6.45) is 5.57. The van der Waals surface area contributed by atoms with Crippen molar-refractivity contribution in [2.45, 2.75) is 32.2 Å². The number of carbonyl (C=O) groups excluding carboxylic acids is 1. The number of nitrogens with one attached hydrogen (secondary N) is 1. The molecule has 1 unspecified atom stereocenters. The second kappa shape index (κ2) is 6.52. The summed E-state index contributed by atoms with van der Waals surface area (Å²) in [6, 6.07) is 3.66. The highest BCUT2D eigenvalue weighted by atomic mass is 16.1. The van der Waals surface area contributed by atoms with Gasteiger partial charge in [-0.2, -0.15) is 0 Å². The second-order valence-electron chi connectivity index (χ2n) is 5.17. The van der Waals surface area contributed by atoms with E-state index >= 15 is 0 Å². The smallest absolute Gasteiger partial charge is 0.252 e. The molecule has 2 heterocycles. The van der Waals surface area contributed by atoms with E-state index in [0.29, 0.717) is 11.4 Å². The van der Waals surface area contributed by atoms with Crippen molar-refractivity contribution in [1.82, 2.24) is 9.88 Å². The van der Waals surface area contributed by atoms with E-state index in [4.69, 9.17) is 5.73 Å². The number of pyridine rings is 1. The number of likely N-dealkylation sites (tertiary alicyclic amines) is 1. The van der Waals surface area contributed by atoms with Crippen molar-refractivity contribution in [3.8, 4) is 0 Å². The molecule has 2 rings (SSSR count). The van der Waals surface area contributed by atoms with E-state index < -0.39 is 5.91 Å². The zero-order valence-corrected chi connectivity index (χ0v) is 11.4. The van der Waals surface area contributed by atoms with Gasteiger partial charge in [0.15, 0.2) is 0 Å². The van der Waals surface area contributed by atoms with Gasteiger partial charge < -0.3 is 16.0 Å². The molecule has 5 nitrogen and oxygen atoms in total. The SMILES string of the molecule is CC(CN1CCCCC1)Nc1ncccc1C(N)=O. The van der Waals surface area contributed by atoms with Crippen LogP contribution in [0.5, 0.6) is 0 Å². The zero-order chi connectivity index (χ0) is 13.7. The van der Waals surface area contributed by atoms with Crippen molar-refractivity contribution in [3.05, 3.63) is 23.9 Å². The molecule has 5 heteroatoms. The lowest BCUT2D eigenvalue weighted by atomic mass is 10.1. The number of amides is 1. The van der Waals surface area contributed by atoms with Gasteiger partial charge in [-0.1, -0.05) is 6.42 Å². The molecule has 1 aromatic heterocycles. The molecule has 19 heavy (non-hydrogen) atoms. The Balaban J connectivity index is 1.94. The van der Waals surface area contributed by atoms with Gasteiger partial charge in [0.2, 0.25) is 0 Å². The Bertz CT molecular complexity index is 429. The highest BCUT2D eigenvalue weighted by molar-refractivity contribution is 5.97. The average Bonchev–Trinajstić information content (AvgIpc) is 2.40. The van der Waals surface area contributed by atoms with Crippen molar-refractivity contribution < 1.29 is 4.79 Å². The molecule has 0 bridgehead atoms. The third-order valence-electron chi connectivity index (χ3n) is 3.44. The molecule has 0 saturated carbocycles. The Hall–Kier alpha value is -1.62. The van der Waals surface area contributed by atoms with Crippen LogP contribution in [0, 0.1) is 0 Å². The first-order chi connectivity index (χ1) is 9.16. The molecule has 0 spiro atoms. The van der Waals surface area contributed by atoms with Crippen molar-refractivity contribution >= 4 is 11.7 Å². The predicted octanol–water partition coefficient (Wildman–Crippen LogP) is 1.47. The van der Waals surface area contributed by atoms with Gasteiger partial charge in [-0.3, -0.25) is 4.79 Å². The number of aromatic nitrogens is 1. The molecule has 1 aliphatic heterocycles. The lowest BCUT2D eigenvalue weighted by molar-refractivity contribution is 0.100. The number of rotatable bonds is 5. The first-order valence-corrected chi connectivity index (χ1v) is 6.90. The Morgan fingerprint density at radius 1 is 1.47 bits per heavy atom. The summed E-state index contributed by atoms with van der Waals surface area (Å²) in [7, 11) is 0. The first-order valence-electron chi connectivity index (χ1n) is 6.90. The van der Waals surface area contributed by atoms with Crippen molar-refractivity contribution in [3.63, 3.8) is 0 Å². The van der Waals surface area contributed by atoms with Crippen LogP contribution in [0.15, 0.2) is 18.3 Å². The number of piperidine rings is 1. The second-order valence-corrected chi connectivity index (χ2v) is 5.17. The molecule has 1 amide bonds. The Morgan fingerprint density at radius 2 is 2.21 bits per heavy atom. The van der Waals surface area contributed by atoms with E-state index in [9.17, 15) is 4.79 Å². The minimum Gasteiger partial charge on any atom is -0.366 e. The standard InChI is InChI=1S/C14H22N4O/c1-11(10-18-8-3-2-4-9-18)17-14-12(13(15)19)6-5-7-16-14/h5-7,11H,2-4,8-10H2,1H3,(H2,15,19)(H,16,17). The zero-order valence-electron chi connectivity index (χ0n) is 11.4. The van der Waals surface area contributed by atoms with Crippen LogP contribution >= 0.6 is 0 Å². The third-order valence-corrected chi connectivity index (χ3v) is 3.44. The molecule has 1 saturated heterocycles. The lowest BCUT2D eigenvalue weighted by Crippen LogP contribution is -2.38. The van der Waals surface area contributed by atoms with Gasteiger partial charge in [0, 0.05) is 18.8 Å². The maximum Gasteiger partial charge on any atom is 0.252 e. The van der Waals surface area contributed by atoms with Gasteiger partial charge in [0.1, 0.15) is 5.82 Å². The molecule has 0 radical (unpaired) electrons. The number of nitrogens with two attached hydrogens (primary N) is 1. The van der Waals surface area contributed by atoms with E-state index in [1.54, 1.807) is 18.3 Å². The van der Waals surface area contributed by atoms with Crippen LogP contribution in [-0.4, -0.2) is 41.5 Å². The summed E-state index contributed by atoms with van der Waals surface area (Å²) in [5, 5.41) is 3.29. The van der Waals surface area contributed by atoms with Crippen molar-refractivity contribution in [2.24, 2.45) is 5.73 Å². The minimum absolute atomic E-state index is 0.242. The van der Waals surface area contributed by atoms with Crippen LogP contribution < -0.4 is 11.1 Å². The quantitative estimate of drug-likeness (QED) is 0.843. The topological polar surface area (TPSA) is 71.2 Å². The van der Waals surface area contributed by atoms with Gasteiger partial charge in [-0.25, -0.2) is 4.98 Å². The van der Waals surface area contributed by atoms with Crippen molar-refractivity contribution in [2.75, 3.05) is 25.0 Å². The van der Waals surface area contributed by atoms with Gasteiger partial charge in [-0.15, -0.1) is 0 Å². The lowest BCUT2D eigenvalue weighted by Gasteiger charge is -2.29. The number of hydrogen-bond acceptors (Lipinski definition) is 4. The normalized spacial score (nSPS) is 17.9. The predicted molar refractivity (Wildman–Crippen MR) is 76.1 cm³/mol. The Kier molecular flexibility index (Phi) is 4.74. The third kappa shape index (κ3) is 3.92. The summed E-state index contributed by atoms with van der Waals surface area (Å²) < 4.78 is 0. The Labute approximate surface area is 114 Å². The van der Waals surface area contributed by atoms with E-state index in [0.717, 1.165) is 19.6 Å². The molecular formula is C14H22N4O. The number of carbonyl (C=O) groups is 1. The first kappa shape index (κ1) is 13.8. The van der Waals surface area contributed by atoms with Crippen LogP contribution in [0.1, 0.15) is 36.5 Å². The molecule has 1 aliphatic rings. The fraction of sp³-hybridized carbons (Fsp3) is 0.571. The van der Waals surface area contributed by atoms with Crippen LogP contribution in [0.25, 0.3) is 0 Å². The van der Waals surface area contributed by atoms with E-state index in [2.05, 4.69) is 22.1 Å². The number of hydrogen-bond donors (Lipinski definition) is 2. The molecule has 1 aromatic rings. The number of anilines is 1. The number of primary amides is 1. The minimum atomic E-state index is -0.444. The molecular weight excluding hydrogens is 240 g/mol. The fourth-order valence-corrected chi connectivity index (χ4v) is 2.53. The molecule has 0 aliphatic carbocycles. The average molecular weight is 262 g/mol. The summed E-state index contributed by atoms with van der Waals surface area (Å²) >= 11 is 0. The summed E-state index contributed by atoms with van der Waals surface area (Å²) in [6.45, 7) is 5.40. The van der Waals surface area contributed by atoms with Gasteiger partial charge in [0.05, 0.1) is 5.56 Å². The largest absolute Gasteiger partial charge is 0.366 e.